The van der Waals surface area contributed by atoms with Crippen LogP contribution < -0.4 is 0 Å². The van der Waals surface area contributed by atoms with Crippen LogP contribution in [0, 0.1) is 29.6 Å². The van der Waals surface area contributed by atoms with E-state index in [-0.39, 0.29) is 0 Å². The monoisotopic (exact) mass is 342 g/mol. The van der Waals surface area contributed by atoms with E-state index in [0.717, 1.165) is 11.8 Å². The fourth-order valence-corrected chi connectivity index (χ4v) is 4.33. The van der Waals surface area contributed by atoms with E-state index >= 15 is 0 Å². The first-order chi connectivity index (χ1) is 12.3. The van der Waals surface area contributed by atoms with Crippen molar-refractivity contribution in [3.05, 3.63) is 24.3 Å². The second-order valence-electron chi connectivity index (χ2n) is 8.06. The van der Waals surface area contributed by atoms with Crippen LogP contribution in [0.2, 0.25) is 0 Å². The summed E-state index contributed by atoms with van der Waals surface area (Å²) in [4.78, 5) is 0. The van der Waals surface area contributed by atoms with Crippen LogP contribution in [-0.2, 0) is 4.74 Å². The van der Waals surface area contributed by atoms with E-state index in [0.29, 0.717) is 12.0 Å². The lowest BCUT2D eigenvalue weighted by Gasteiger charge is -2.26. The molecule has 0 N–H and O–H groups in total. The topological polar surface area (TPSA) is 9.23 Å². The summed E-state index contributed by atoms with van der Waals surface area (Å²) in [5.41, 5.74) is 0. The first-order valence-corrected chi connectivity index (χ1v) is 10.7. The van der Waals surface area contributed by atoms with Gasteiger partial charge in [0.2, 0.25) is 0 Å². The average molecular weight is 343 g/mol. The third-order valence-electron chi connectivity index (χ3n) is 6.15. The molecule has 0 aliphatic heterocycles. The van der Waals surface area contributed by atoms with E-state index in [4.69, 9.17) is 4.74 Å². The van der Waals surface area contributed by atoms with Gasteiger partial charge >= 0.3 is 0 Å². The van der Waals surface area contributed by atoms with Gasteiger partial charge in [-0.2, -0.15) is 0 Å². The van der Waals surface area contributed by atoms with Crippen molar-refractivity contribution in [2.24, 2.45) is 17.8 Å². The highest BCUT2D eigenvalue weighted by molar-refractivity contribution is 5.24. The zero-order valence-electron chi connectivity index (χ0n) is 16.5. The van der Waals surface area contributed by atoms with Crippen LogP contribution in [0.4, 0.5) is 0 Å². The van der Waals surface area contributed by atoms with Gasteiger partial charge in [0.05, 0.1) is 6.10 Å². The predicted molar refractivity (Wildman–Crippen MR) is 108 cm³/mol. The van der Waals surface area contributed by atoms with Gasteiger partial charge in [-0.05, 0) is 81.3 Å². The Labute approximate surface area is 156 Å². The number of rotatable bonds is 7. The highest BCUT2D eigenvalue weighted by Crippen LogP contribution is 2.32. The van der Waals surface area contributed by atoms with Gasteiger partial charge < -0.3 is 4.74 Å². The van der Waals surface area contributed by atoms with Crippen LogP contribution in [0.5, 0.6) is 0 Å². The van der Waals surface area contributed by atoms with Crippen LogP contribution in [0.15, 0.2) is 24.3 Å². The van der Waals surface area contributed by atoms with Gasteiger partial charge in [0.25, 0.3) is 0 Å². The normalized spacial score (nSPS) is 30.5. The first-order valence-electron chi connectivity index (χ1n) is 10.7. The van der Waals surface area contributed by atoms with Crippen molar-refractivity contribution < 1.29 is 4.74 Å². The van der Waals surface area contributed by atoms with Crippen molar-refractivity contribution in [1.29, 1.82) is 0 Å². The zero-order chi connectivity index (χ0) is 17.7. The minimum Gasteiger partial charge on any atom is -0.381 e. The maximum atomic E-state index is 5.42. The maximum Gasteiger partial charge on any atom is 0.0571 e. The molecule has 1 heteroatoms. The van der Waals surface area contributed by atoms with Gasteiger partial charge in [-0.1, -0.05) is 56.6 Å². The second kappa shape index (κ2) is 12.4. The minimum atomic E-state index is 0.486. The fraction of sp³-hybridized carbons (Fsp3) is 0.750. The SMILES string of the molecule is CCCCCC1CCC(C=CC#CC=CC2CCC(OC)CC2)CC1. The average Bonchev–Trinajstić information content (AvgIpc) is 2.66. The molecule has 0 spiro atoms. The highest BCUT2D eigenvalue weighted by Gasteiger charge is 2.19. The molecule has 0 aromatic carbocycles. The van der Waals surface area contributed by atoms with E-state index < -0.39 is 0 Å². The molecule has 0 saturated heterocycles. The number of ether oxygens (including phenoxy) is 1. The van der Waals surface area contributed by atoms with Crippen molar-refractivity contribution in [2.75, 3.05) is 7.11 Å². The molecule has 2 rings (SSSR count). The van der Waals surface area contributed by atoms with Gasteiger partial charge in [0, 0.05) is 7.11 Å². The number of allylic oxidation sites excluding steroid dienone is 4. The van der Waals surface area contributed by atoms with E-state index in [1.54, 1.807) is 0 Å². The van der Waals surface area contributed by atoms with Gasteiger partial charge in [-0.3, -0.25) is 0 Å². The largest absolute Gasteiger partial charge is 0.381 e. The smallest absolute Gasteiger partial charge is 0.0571 e. The summed E-state index contributed by atoms with van der Waals surface area (Å²) in [5.74, 6) is 8.86. The quantitative estimate of drug-likeness (QED) is 0.370. The third-order valence-corrected chi connectivity index (χ3v) is 6.15. The van der Waals surface area contributed by atoms with E-state index in [9.17, 15) is 0 Å². The van der Waals surface area contributed by atoms with Crippen LogP contribution in [0.1, 0.15) is 84.0 Å². The molecule has 1 nitrogen and oxygen atoms in total. The Morgan fingerprint density at radius 3 is 1.88 bits per heavy atom. The van der Waals surface area contributed by atoms with Crippen LogP contribution >= 0.6 is 0 Å². The Kier molecular flexibility index (Phi) is 10.1. The molecule has 2 aliphatic carbocycles. The summed E-state index contributed by atoms with van der Waals surface area (Å²) >= 11 is 0. The van der Waals surface area contributed by atoms with Crippen molar-refractivity contribution in [1.82, 2.24) is 0 Å². The Balaban J connectivity index is 1.59. The summed E-state index contributed by atoms with van der Waals surface area (Å²) < 4.78 is 5.42. The molecule has 0 aromatic rings. The molecule has 0 radical (unpaired) electrons. The lowest BCUT2D eigenvalue weighted by Crippen LogP contribution is -2.19. The Hall–Kier alpha value is -1.00. The molecule has 0 aromatic heterocycles. The van der Waals surface area contributed by atoms with Gasteiger partial charge in [-0.25, -0.2) is 0 Å². The number of hydrogen-bond donors (Lipinski definition) is 0. The Morgan fingerprint density at radius 2 is 1.36 bits per heavy atom. The zero-order valence-corrected chi connectivity index (χ0v) is 16.5. The molecule has 0 unspecified atom stereocenters. The fourth-order valence-electron chi connectivity index (χ4n) is 4.33. The summed E-state index contributed by atoms with van der Waals surface area (Å²) in [6.07, 6.45) is 25.4. The number of methoxy groups -OCH3 is 1. The van der Waals surface area contributed by atoms with Crippen molar-refractivity contribution >= 4 is 0 Å². The summed E-state index contributed by atoms with van der Waals surface area (Å²) in [6.45, 7) is 2.30. The standard InChI is InChI=1S/C24H38O/c1-3-4-7-10-21-13-15-22(16-14-21)11-8-5-6-9-12-23-17-19-24(25-2)20-18-23/h8-9,11-12,21-24H,3-4,7,10,13-20H2,1-2H3. The van der Waals surface area contributed by atoms with Crippen molar-refractivity contribution in [3.63, 3.8) is 0 Å². The summed E-state index contributed by atoms with van der Waals surface area (Å²) in [6, 6.07) is 0. The molecule has 2 saturated carbocycles. The molecule has 25 heavy (non-hydrogen) atoms. The van der Waals surface area contributed by atoms with E-state index in [2.05, 4.69) is 43.1 Å². The highest BCUT2D eigenvalue weighted by atomic mass is 16.5. The maximum absolute atomic E-state index is 5.42. The lowest BCUT2D eigenvalue weighted by molar-refractivity contribution is 0.0627. The Bertz CT molecular complexity index is 448. The van der Waals surface area contributed by atoms with Crippen molar-refractivity contribution in [3.8, 4) is 11.8 Å². The third kappa shape index (κ3) is 8.28. The van der Waals surface area contributed by atoms with Crippen LogP contribution in [0.25, 0.3) is 0 Å². The molecule has 0 atom stereocenters. The Morgan fingerprint density at radius 1 is 0.800 bits per heavy atom. The number of unbranched alkanes of at least 4 members (excludes halogenated alkanes) is 2. The first kappa shape index (κ1) is 20.3. The number of hydrogen-bond acceptors (Lipinski definition) is 1. The molecule has 0 heterocycles. The lowest BCUT2D eigenvalue weighted by atomic mass is 9.79. The van der Waals surface area contributed by atoms with Gasteiger partial charge in [0.15, 0.2) is 0 Å². The molecular weight excluding hydrogens is 304 g/mol. The van der Waals surface area contributed by atoms with Crippen LogP contribution in [0.3, 0.4) is 0 Å². The summed E-state index contributed by atoms with van der Waals surface area (Å²) in [5, 5.41) is 0. The van der Waals surface area contributed by atoms with E-state index in [1.807, 2.05) is 7.11 Å². The van der Waals surface area contributed by atoms with Gasteiger partial charge in [0.1, 0.15) is 0 Å². The summed E-state index contributed by atoms with van der Waals surface area (Å²) in [7, 11) is 1.83. The molecule has 2 aliphatic rings. The molecule has 140 valence electrons. The van der Waals surface area contributed by atoms with Gasteiger partial charge in [-0.15, -0.1) is 0 Å². The minimum absolute atomic E-state index is 0.486. The molecule has 2 fully saturated rings. The van der Waals surface area contributed by atoms with Crippen molar-refractivity contribution in [2.45, 2.75) is 90.1 Å². The predicted octanol–water partition coefficient (Wildman–Crippen LogP) is 6.69. The molecular formula is C24H38O. The molecule has 0 bridgehead atoms. The van der Waals surface area contributed by atoms with Crippen LogP contribution in [-0.4, -0.2) is 13.2 Å². The second-order valence-corrected chi connectivity index (χ2v) is 8.06. The molecule has 0 amide bonds. The van der Waals surface area contributed by atoms with E-state index in [1.165, 1.54) is 77.0 Å².